The zero-order valence-corrected chi connectivity index (χ0v) is 64.4. The van der Waals surface area contributed by atoms with Crippen molar-refractivity contribution in [2.75, 3.05) is 47.5 Å². The fourth-order valence-electron chi connectivity index (χ4n) is 9.97. The molecule has 0 aliphatic rings. The lowest BCUT2D eigenvalue weighted by atomic mass is 10.0. The molecular formula is C92H143NO8. The third-order valence-corrected chi connectivity index (χ3v) is 15.9. The number of unbranched alkanes of at least 4 members (excludes halogenated alkanes) is 17. The number of nitrogens with zero attached hydrogens (tertiary/aromatic N) is 1. The minimum absolute atomic E-state index is 0.133. The first-order valence-electron chi connectivity index (χ1n) is 39.5. The molecule has 0 spiro atoms. The summed E-state index contributed by atoms with van der Waals surface area (Å²) in [4.78, 5) is 37.6. The van der Waals surface area contributed by atoms with Gasteiger partial charge in [0.05, 0.1) is 40.3 Å². The van der Waals surface area contributed by atoms with Crippen LogP contribution in [0.1, 0.15) is 271 Å². The molecule has 0 aromatic rings. The number of rotatable bonds is 70. The van der Waals surface area contributed by atoms with Gasteiger partial charge in [0.1, 0.15) is 13.2 Å². The Hall–Kier alpha value is -6.65. The Morgan fingerprint density at radius 1 is 0.297 bits per heavy atom. The van der Waals surface area contributed by atoms with Gasteiger partial charge in [0.2, 0.25) is 0 Å². The average Bonchev–Trinajstić information content (AvgIpc) is 1.21. The largest absolute Gasteiger partial charge is 0.545 e. The predicted molar refractivity (Wildman–Crippen MR) is 434 cm³/mol. The van der Waals surface area contributed by atoms with Crippen molar-refractivity contribution in [2.45, 2.75) is 283 Å². The Balaban J connectivity index is 4.19. The van der Waals surface area contributed by atoms with Gasteiger partial charge in [-0.1, -0.05) is 328 Å². The van der Waals surface area contributed by atoms with E-state index in [1.54, 1.807) is 0 Å². The number of carbonyl (C=O) groups is 3. The number of carboxylic acids is 1. The van der Waals surface area contributed by atoms with Crippen LogP contribution in [0.2, 0.25) is 0 Å². The second-order valence-corrected chi connectivity index (χ2v) is 26.5. The highest BCUT2D eigenvalue weighted by Gasteiger charge is 2.22. The number of hydrogen-bond donors (Lipinski definition) is 0. The van der Waals surface area contributed by atoms with Gasteiger partial charge in [0.15, 0.2) is 12.4 Å². The van der Waals surface area contributed by atoms with Crippen LogP contribution in [0.3, 0.4) is 0 Å². The molecule has 0 aromatic carbocycles. The molecule has 0 saturated carbocycles. The van der Waals surface area contributed by atoms with Crippen molar-refractivity contribution in [3.05, 3.63) is 231 Å². The van der Waals surface area contributed by atoms with Crippen LogP contribution in [0.25, 0.3) is 0 Å². The van der Waals surface area contributed by atoms with Gasteiger partial charge in [-0.2, -0.15) is 0 Å². The summed E-state index contributed by atoms with van der Waals surface area (Å²) in [5.41, 5.74) is 0. The normalized spacial score (nSPS) is 14.0. The average molecular weight is 1390 g/mol. The van der Waals surface area contributed by atoms with Gasteiger partial charge in [0.25, 0.3) is 0 Å². The van der Waals surface area contributed by atoms with Crippen LogP contribution >= 0.6 is 0 Å². The highest BCUT2D eigenvalue weighted by atomic mass is 16.7. The highest BCUT2D eigenvalue weighted by Crippen LogP contribution is 2.15. The molecule has 0 bridgehead atoms. The molecule has 564 valence electrons. The van der Waals surface area contributed by atoms with Crippen molar-refractivity contribution >= 4 is 17.9 Å². The topological polar surface area (TPSA) is 111 Å². The number of carbonyl (C=O) groups excluding carboxylic acids is 3. The fraction of sp³-hybridized carbons (Fsp3) is 0.554. The molecule has 101 heavy (non-hydrogen) atoms. The number of hydrogen-bond acceptors (Lipinski definition) is 8. The second-order valence-electron chi connectivity index (χ2n) is 26.5. The molecule has 0 rings (SSSR count). The van der Waals surface area contributed by atoms with E-state index in [2.05, 4.69) is 245 Å². The van der Waals surface area contributed by atoms with Gasteiger partial charge in [0, 0.05) is 12.8 Å². The maximum atomic E-state index is 13.0. The van der Waals surface area contributed by atoms with E-state index in [-0.39, 0.29) is 38.6 Å². The number of ether oxygens (including phenoxy) is 4. The number of quaternary nitrogens is 1. The zero-order chi connectivity index (χ0) is 73.2. The van der Waals surface area contributed by atoms with Crippen molar-refractivity contribution in [2.24, 2.45) is 0 Å². The van der Waals surface area contributed by atoms with Gasteiger partial charge in [-0.25, -0.2) is 0 Å². The van der Waals surface area contributed by atoms with E-state index in [0.717, 1.165) is 173 Å². The van der Waals surface area contributed by atoms with Gasteiger partial charge in [-0.05, 0) is 161 Å². The number of carboxylic acid groups (broad SMARTS) is 1. The van der Waals surface area contributed by atoms with Crippen LogP contribution in [0.15, 0.2) is 231 Å². The van der Waals surface area contributed by atoms with E-state index >= 15 is 0 Å². The van der Waals surface area contributed by atoms with Gasteiger partial charge >= 0.3 is 11.9 Å². The van der Waals surface area contributed by atoms with E-state index in [0.29, 0.717) is 23.9 Å². The Kier molecular flexibility index (Phi) is 73.9. The SMILES string of the molecule is CC/C=C\C/C=C\C/C=C\C/C=C\C/C=C\C/C=C\C/C=C\C/C=C\C/C=C\C/C=C\CCCCCCCCCCCCC(=O)OC(COC(=O)CCCCCCCCC/C=C\C/C=C\C/C=C\C/C=C\C/C=C\C/C=C\C/C=C\C/C=C\C/C=C\CC)COC(OCC[N+](C)(C)C)C(=O)[O-]. The molecule has 0 aliphatic carbocycles. The number of allylic oxidation sites excluding steroid dienone is 38. The summed E-state index contributed by atoms with van der Waals surface area (Å²) in [7, 11) is 5.91. The van der Waals surface area contributed by atoms with E-state index < -0.39 is 24.3 Å². The minimum atomic E-state index is -1.64. The Morgan fingerprint density at radius 3 is 0.792 bits per heavy atom. The second kappa shape index (κ2) is 79.1. The summed E-state index contributed by atoms with van der Waals surface area (Å²) in [6.45, 7) is 4.48. The lowest BCUT2D eigenvalue weighted by Gasteiger charge is -2.26. The fourth-order valence-corrected chi connectivity index (χ4v) is 9.97. The lowest BCUT2D eigenvalue weighted by Crippen LogP contribution is -2.44. The zero-order valence-electron chi connectivity index (χ0n) is 64.4. The van der Waals surface area contributed by atoms with Crippen LogP contribution in [0.5, 0.6) is 0 Å². The van der Waals surface area contributed by atoms with Gasteiger partial charge < -0.3 is 33.3 Å². The van der Waals surface area contributed by atoms with Gasteiger partial charge in [-0.15, -0.1) is 0 Å². The molecule has 2 unspecified atom stereocenters. The quantitative estimate of drug-likeness (QED) is 0.0195. The maximum absolute atomic E-state index is 13.0. The molecule has 0 saturated heterocycles. The standard InChI is InChI=1S/C92H143NO8/c1-6-8-10-12-14-16-18-20-22-24-26-28-30-32-34-36-38-40-42-43-44-45-46-47-49-51-53-55-57-59-61-63-65-67-69-71-73-75-77-79-81-83-90(95)101-88(87-100-92(91(96)97)98-85-84-93(3,4)5)86-99-89(94)82-80-78-76-74-72-70-68-66-64-62-60-58-56-54-52-50-48-41-39-37-35-33-31-29-27-25-23-21-19-17-15-13-11-9-7-2/h8-11,14-17,20-23,26-29,32-35,38-41,43-44,46-47,50-53,56-59,62,64,88,92H,6-7,12-13,18-19,24-25,30-31,36-37,42,45,48-49,54-55,60-61,63,65-87H2,1-5H3/b10-8-,11-9-,16-14-,17-15-,22-20-,23-21-,28-26-,29-27-,34-32-,35-33-,40-38-,41-39-,44-43-,47-46-,52-50-,53-51-,58-56-,59-57-,64-62-. The maximum Gasteiger partial charge on any atom is 0.306 e. The molecule has 0 radical (unpaired) electrons. The van der Waals surface area contributed by atoms with Crippen molar-refractivity contribution in [3.63, 3.8) is 0 Å². The van der Waals surface area contributed by atoms with Gasteiger partial charge in [-0.3, -0.25) is 9.59 Å². The molecule has 9 nitrogen and oxygen atoms in total. The first kappa shape index (κ1) is 94.4. The van der Waals surface area contributed by atoms with Crippen molar-refractivity contribution < 1.29 is 42.9 Å². The van der Waals surface area contributed by atoms with Crippen LogP contribution in [-0.2, 0) is 33.3 Å². The summed E-state index contributed by atoms with van der Waals surface area (Å²) >= 11 is 0. The minimum Gasteiger partial charge on any atom is -0.545 e. The number of aliphatic carboxylic acids is 1. The molecule has 0 fully saturated rings. The molecule has 9 heteroatoms. The summed E-state index contributed by atoms with van der Waals surface area (Å²) in [5, 5.41) is 11.9. The Morgan fingerprint density at radius 2 is 0.535 bits per heavy atom. The molecule has 2 atom stereocenters. The predicted octanol–water partition coefficient (Wildman–Crippen LogP) is 24.5. The van der Waals surface area contributed by atoms with E-state index in [4.69, 9.17) is 18.9 Å². The van der Waals surface area contributed by atoms with Crippen molar-refractivity contribution in [1.82, 2.24) is 0 Å². The summed E-state index contributed by atoms with van der Waals surface area (Å²) < 4.78 is 22.8. The summed E-state index contributed by atoms with van der Waals surface area (Å²) in [6, 6.07) is 0. The van der Waals surface area contributed by atoms with Crippen molar-refractivity contribution in [1.29, 1.82) is 0 Å². The molecule has 0 heterocycles. The first-order chi connectivity index (χ1) is 49.6. The monoisotopic (exact) mass is 1390 g/mol. The summed E-state index contributed by atoms with van der Waals surface area (Å²) in [6.07, 6.45) is 123. The van der Waals surface area contributed by atoms with Crippen LogP contribution in [0.4, 0.5) is 0 Å². The summed E-state index contributed by atoms with van der Waals surface area (Å²) in [5.74, 6) is -2.33. The van der Waals surface area contributed by atoms with Crippen molar-refractivity contribution in [3.8, 4) is 0 Å². The molecule has 0 aliphatic heterocycles. The number of likely N-dealkylation sites (N-methyl/N-ethyl adjacent to an activating group) is 1. The Bertz CT molecular complexity index is 2520. The van der Waals surface area contributed by atoms with Crippen LogP contribution in [-0.4, -0.2) is 82.3 Å². The molecular weight excluding hydrogens is 1250 g/mol. The molecule has 0 amide bonds. The smallest absolute Gasteiger partial charge is 0.306 e. The first-order valence-corrected chi connectivity index (χ1v) is 39.5. The van der Waals surface area contributed by atoms with E-state index in [9.17, 15) is 19.5 Å². The highest BCUT2D eigenvalue weighted by molar-refractivity contribution is 5.70. The third-order valence-electron chi connectivity index (χ3n) is 15.9. The lowest BCUT2D eigenvalue weighted by molar-refractivity contribution is -0.870. The molecule has 0 N–H and O–H groups in total. The van der Waals surface area contributed by atoms with E-state index in [1.165, 1.54) is 57.8 Å². The van der Waals surface area contributed by atoms with Crippen LogP contribution in [0, 0.1) is 0 Å². The third kappa shape index (κ3) is 80.5. The molecule has 0 aromatic heterocycles. The van der Waals surface area contributed by atoms with Crippen LogP contribution < -0.4 is 5.11 Å². The Labute approximate surface area is 619 Å². The number of esters is 2. The van der Waals surface area contributed by atoms with E-state index in [1.807, 2.05) is 21.1 Å².